The van der Waals surface area contributed by atoms with E-state index in [2.05, 4.69) is 16.9 Å². The first-order valence-electron chi connectivity index (χ1n) is 2.35. The van der Waals surface area contributed by atoms with Crippen LogP contribution in [0.2, 0.25) is 0 Å². The third-order valence-corrected chi connectivity index (χ3v) is 0.888. The Bertz CT molecular complexity index is 196. The molecule has 0 saturated carbocycles. The van der Waals surface area contributed by atoms with Gasteiger partial charge in [-0.25, -0.2) is 0 Å². The van der Waals surface area contributed by atoms with Crippen molar-refractivity contribution in [2.45, 2.75) is 0 Å². The molecule has 1 aliphatic rings. The summed E-state index contributed by atoms with van der Waals surface area (Å²) in [7, 11) is 0. The summed E-state index contributed by atoms with van der Waals surface area (Å²) >= 11 is 0. The van der Waals surface area contributed by atoms with Crippen LogP contribution in [0.25, 0.3) is 0 Å². The lowest BCUT2D eigenvalue weighted by Crippen LogP contribution is -2.25. The Balaban J connectivity index is 2.74. The fourth-order valence-corrected chi connectivity index (χ4v) is 0.515. The fraction of sp³-hybridized carbons (Fsp3) is 0.250. The molecule has 9 heavy (non-hydrogen) atoms. The molecule has 5 heteroatoms. The molecule has 0 unspecified atom stereocenters. The number of rotatable bonds is 0. The van der Waals surface area contributed by atoms with Crippen molar-refractivity contribution in [1.82, 2.24) is 5.32 Å². The van der Waals surface area contributed by atoms with Gasteiger partial charge in [-0.3, -0.25) is 5.32 Å². The van der Waals surface area contributed by atoms with E-state index in [0.717, 1.165) is 0 Å². The molecular weight excluding hydrogens is 122 g/mol. The van der Waals surface area contributed by atoms with Gasteiger partial charge in [0.2, 0.25) is 0 Å². The van der Waals surface area contributed by atoms with Gasteiger partial charge in [-0.1, -0.05) is 11.6 Å². The van der Waals surface area contributed by atoms with Gasteiger partial charge >= 0.3 is 5.96 Å². The van der Waals surface area contributed by atoms with E-state index in [9.17, 15) is 10.1 Å². The van der Waals surface area contributed by atoms with Gasteiger partial charge in [0.05, 0.1) is 0 Å². The molecule has 0 aromatic carbocycles. The highest BCUT2D eigenvalue weighted by Gasteiger charge is 2.19. The van der Waals surface area contributed by atoms with E-state index in [4.69, 9.17) is 0 Å². The molecule has 0 aromatic rings. The maximum absolute atomic E-state index is 9.92. The number of guanidine groups is 1. The van der Waals surface area contributed by atoms with E-state index >= 15 is 0 Å². The molecule has 48 valence electrons. The summed E-state index contributed by atoms with van der Waals surface area (Å²) in [4.78, 5) is 12.8. The van der Waals surface area contributed by atoms with Crippen LogP contribution in [-0.2, 0) is 0 Å². The molecule has 1 N–H and O–H groups in total. The molecule has 1 aliphatic heterocycles. The normalized spacial score (nSPS) is 16.9. The Kier molecular flexibility index (Phi) is 1.18. The van der Waals surface area contributed by atoms with Crippen molar-refractivity contribution < 1.29 is 4.92 Å². The second kappa shape index (κ2) is 1.85. The second-order valence-electron chi connectivity index (χ2n) is 1.61. The van der Waals surface area contributed by atoms with E-state index in [0.29, 0.717) is 12.2 Å². The molecule has 1 rings (SSSR count). The van der Waals surface area contributed by atoms with Gasteiger partial charge in [-0.15, -0.1) is 0 Å². The van der Waals surface area contributed by atoms with E-state index in [-0.39, 0.29) is 5.96 Å². The quantitative estimate of drug-likeness (QED) is 0.360. The lowest BCUT2D eigenvalue weighted by Gasteiger charge is -1.90. The Morgan fingerprint density at radius 3 is 2.78 bits per heavy atom. The molecule has 1 heterocycles. The first-order chi connectivity index (χ1) is 4.20. The van der Waals surface area contributed by atoms with Crippen molar-refractivity contribution in [3.8, 4) is 0 Å². The van der Waals surface area contributed by atoms with Crippen LogP contribution in [0.4, 0.5) is 0 Å². The number of nitrogens with zero attached hydrogens (tertiary/aromatic N) is 2. The summed E-state index contributed by atoms with van der Waals surface area (Å²) in [6.45, 7) is 3.82. The monoisotopic (exact) mass is 127 g/mol. The van der Waals surface area contributed by atoms with Gasteiger partial charge in [-0.05, 0) is 4.92 Å². The Labute approximate surface area is 51.2 Å². The number of aliphatic imine (C=N–C) groups is 1. The van der Waals surface area contributed by atoms with Gasteiger partial charge in [0.1, 0.15) is 12.2 Å². The van der Waals surface area contributed by atoms with Gasteiger partial charge in [0.15, 0.2) is 0 Å². The number of nitrogens with one attached hydrogen (secondary N) is 1. The highest BCUT2D eigenvalue weighted by atomic mass is 16.6. The molecule has 0 amide bonds. The van der Waals surface area contributed by atoms with Crippen LogP contribution in [0.1, 0.15) is 0 Å². The van der Waals surface area contributed by atoms with Gasteiger partial charge in [-0.2, -0.15) is 0 Å². The highest BCUT2D eigenvalue weighted by Crippen LogP contribution is 1.97. The molecule has 0 radical (unpaired) electrons. The Hall–Kier alpha value is -1.39. The van der Waals surface area contributed by atoms with Crippen LogP contribution >= 0.6 is 0 Å². The topological polar surface area (TPSA) is 67.5 Å². The van der Waals surface area contributed by atoms with E-state index in [1.54, 1.807) is 0 Å². The average Bonchev–Trinajstić information content (AvgIpc) is 2.14. The zero-order chi connectivity index (χ0) is 6.85. The predicted octanol–water partition coefficient (Wildman–Crippen LogP) is -0.264. The first-order valence-corrected chi connectivity index (χ1v) is 2.35. The average molecular weight is 127 g/mol. The van der Waals surface area contributed by atoms with Crippen LogP contribution in [0, 0.1) is 10.1 Å². The van der Waals surface area contributed by atoms with Gasteiger partial charge < -0.3 is 10.1 Å². The summed E-state index contributed by atoms with van der Waals surface area (Å²) < 4.78 is 0. The standard InChI is InChI=1S/C4H5N3O2/c1-3-2-5-4(6-3)7(8)9/h1-2H2,(H,5,6). The van der Waals surface area contributed by atoms with Gasteiger partial charge in [0.25, 0.3) is 0 Å². The lowest BCUT2D eigenvalue weighted by molar-refractivity contribution is -0.354. The molecule has 0 aromatic heterocycles. The van der Waals surface area contributed by atoms with Crippen LogP contribution in [-0.4, -0.2) is 17.4 Å². The third kappa shape index (κ3) is 1.04. The number of hydrogen-bond acceptors (Lipinski definition) is 4. The number of nitro groups is 1. The maximum atomic E-state index is 9.92. The zero-order valence-corrected chi connectivity index (χ0v) is 4.63. The van der Waals surface area contributed by atoms with Crippen molar-refractivity contribution in [1.29, 1.82) is 0 Å². The summed E-state index contributed by atoms with van der Waals surface area (Å²) in [5.74, 6) is -0.208. The van der Waals surface area contributed by atoms with E-state index in [1.165, 1.54) is 0 Å². The minimum atomic E-state index is -0.571. The van der Waals surface area contributed by atoms with Crippen molar-refractivity contribution >= 4 is 5.96 Å². The van der Waals surface area contributed by atoms with Crippen molar-refractivity contribution in [3.63, 3.8) is 0 Å². The number of hydrogen-bond donors (Lipinski definition) is 1. The largest absolute Gasteiger partial charge is 0.428 e. The smallest absolute Gasteiger partial charge is 0.390 e. The Morgan fingerprint density at radius 2 is 2.56 bits per heavy atom. The van der Waals surface area contributed by atoms with Crippen LogP contribution in [0.3, 0.4) is 0 Å². The summed E-state index contributed by atoms with van der Waals surface area (Å²) in [5.41, 5.74) is 0.502. The second-order valence-corrected chi connectivity index (χ2v) is 1.61. The maximum Gasteiger partial charge on any atom is 0.428 e. The highest BCUT2D eigenvalue weighted by molar-refractivity contribution is 5.75. The summed E-state index contributed by atoms with van der Waals surface area (Å²) in [6, 6.07) is 0. The molecular formula is C4H5N3O2. The molecule has 0 spiro atoms. The zero-order valence-electron chi connectivity index (χ0n) is 4.63. The molecule has 0 atom stereocenters. The third-order valence-electron chi connectivity index (χ3n) is 0.888. The molecule has 0 fully saturated rings. The molecule has 0 aliphatic carbocycles. The van der Waals surface area contributed by atoms with Crippen molar-refractivity contribution in [2.75, 3.05) is 6.54 Å². The minimum absolute atomic E-state index is 0.208. The van der Waals surface area contributed by atoms with Gasteiger partial charge in [0, 0.05) is 0 Å². The van der Waals surface area contributed by atoms with Crippen LogP contribution < -0.4 is 5.32 Å². The van der Waals surface area contributed by atoms with E-state index in [1.807, 2.05) is 0 Å². The predicted molar refractivity (Wildman–Crippen MR) is 31.6 cm³/mol. The van der Waals surface area contributed by atoms with Crippen molar-refractivity contribution in [3.05, 3.63) is 22.4 Å². The molecule has 0 saturated heterocycles. The lowest BCUT2D eigenvalue weighted by atomic mass is 10.5. The summed E-state index contributed by atoms with van der Waals surface area (Å²) in [6.07, 6.45) is 0. The molecule has 5 nitrogen and oxygen atoms in total. The summed E-state index contributed by atoms with van der Waals surface area (Å²) in [5, 5.41) is 12.4. The van der Waals surface area contributed by atoms with Crippen LogP contribution in [0.15, 0.2) is 17.3 Å². The van der Waals surface area contributed by atoms with E-state index < -0.39 is 4.92 Å². The minimum Gasteiger partial charge on any atom is -0.390 e. The first kappa shape index (κ1) is 5.74. The SMILES string of the molecule is C=C1CNC([N+](=O)[O-])=N1. The fourth-order valence-electron chi connectivity index (χ4n) is 0.515. The van der Waals surface area contributed by atoms with Crippen LogP contribution in [0.5, 0.6) is 0 Å². The Morgan fingerprint density at radius 1 is 1.89 bits per heavy atom. The molecule has 0 bridgehead atoms. The van der Waals surface area contributed by atoms with Crippen molar-refractivity contribution in [2.24, 2.45) is 4.99 Å².